The quantitative estimate of drug-likeness (QED) is 0.898. The van der Waals surface area contributed by atoms with Crippen LogP contribution in [0.15, 0.2) is 12.3 Å². The maximum Gasteiger partial charge on any atom is 0.0492 e. The minimum Gasteiger partial charge on any atom is -0.309 e. The van der Waals surface area contributed by atoms with Gasteiger partial charge in [0.15, 0.2) is 0 Å². The molecule has 0 saturated carbocycles. The number of hydrogen-bond donors (Lipinski definition) is 1. The molecule has 1 fully saturated rings. The second-order valence-electron chi connectivity index (χ2n) is 6.74. The first kappa shape index (κ1) is 14.5. The normalized spacial score (nSPS) is 24.0. The Balaban J connectivity index is 2.00. The second kappa shape index (κ2) is 5.63. The van der Waals surface area contributed by atoms with Gasteiger partial charge in [-0.2, -0.15) is 5.10 Å². The van der Waals surface area contributed by atoms with Crippen LogP contribution in [-0.2, 0) is 13.5 Å². The van der Waals surface area contributed by atoms with Crippen molar-refractivity contribution in [2.45, 2.75) is 45.7 Å². The minimum absolute atomic E-state index is 0.220. The number of hydrogen-bond acceptors (Lipinski definition) is 3. The van der Waals surface area contributed by atoms with Gasteiger partial charge in [-0.3, -0.25) is 9.58 Å². The second-order valence-corrected chi connectivity index (χ2v) is 6.74. The lowest BCUT2D eigenvalue weighted by Crippen LogP contribution is -2.63. The first-order valence-corrected chi connectivity index (χ1v) is 7.35. The lowest BCUT2D eigenvalue weighted by Gasteiger charge is -2.46. The van der Waals surface area contributed by atoms with E-state index < -0.39 is 0 Å². The average molecular weight is 264 g/mol. The average Bonchev–Trinajstić information content (AvgIpc) is 2.70. The van der Waals surface area contributed by atoms with Gasteiger partial charge in [0, 0.05) is 56.6 Å². The van der Waals surface area contributed by atoms with Gasteiger partial charge in [0.05, 0.1) is 0 Å². The number of nitrogens with zero attached hydrogens (tertiary/aromatic N) is 3. The van der Waals surface area contributed by atoms with Crippen molar-refractivity contribution in [2.24, 2.45) is 13.0 Å². The molecular formula is C15H28N4. The largest absolute Gasteiger partial charge is 0.309 e. The Hall–Kier alpha value is -0.870. The van der Waals surface area contributed by atoms with Gasteiger partial charge in [-0.05, 0) is 25.8 Å². The molecule has 2 rings (SSSR count). The van der Waals surface area contributed by atoms with E-state index in [9.17, 15) is 0 Å². The van der Waals surface area contributed by atoms with Gasteiger partial charge >= 0.3 is 0 Å². The number of aromatic nitrogens is 2. The van der Waals surface area contributed by atoms with E-state index in [2.05, 4.69) is 49.1 Å². The minimum atomic E-state index is 0.220. The van der Waals surface area contributed by atoms with Crippen molar-refractivity contribution in [3.05, 3.63) is 18.0 Å². The summed E-state index contributed by atoms with van der Waals surface area (Å²) in [5.74, 6) is 0.690. The van der Waals surface area contributed by atoms with Crippen LogP contribution in [0.3, 0.4) is 0 Å². The zero-order chi connectivity index (χ0) is 14.0. The fourth-order valence-corrected chi connectivity index (χ4v) is 3.00. The van der Waals surface area contributed by atoms with Gasteiger partial charge < -0.3 is 5.32 Å². The van der Waals surface area contributed by atoms with Crippen molar-refractivity contribution in [1.82, 2.24) is 20.0 Å². The van der Waals surface area contributed by atoms with E-state index in [0.29, 0.717) is 12.0 Å². The van der Waals surface area contributed by atoms with Gasteiger partial charge in [0.2, 0.25) is 0 Å². The molecule has 19 heavy (non-hydrogen) atoms. The molecule has 1 unspecified atom stereocenters. The van der Waals surface area contributed by atoms with E-state index in [1.165, 1.54) is 5.69 Å². The highest BCUT2D eigenvalue weighted by atomic mass is 15.3. The molecule has 1 aliphatic heterocycles. The number of aryl methyl sites for hydroxylation is 1. The number of nitrogens with one attached hydrogen (secondary N) is 1. The van der Waals surface area contributed by atoms with Crippen LogP contribution >= 0.6 is 0 Å². The fraction of sp³-hybridized carbons (Fsp3) is 0.800. The van der Waals surface area contributed by atoms with Crippen molar-refractivity contribution >= 4 is 0 Å². The first-order chi connectivity index (χ1) is 8.89. The number of rotatable bonds is 4. The van der Waals surface area contributed by atoms with Crippen LogP contribution < -0.4 is 5.32 Å². The summed E-state index contributed by atoms with van der Waals surface area (Å²) in [6, 6.07) is 2.76. The Morgan fingerprint density at radius 3 is 2.79 bits per heavy atom. The van der Waals surface area contributed by atoms with Crippen LogP contribution in [0, 0.1) is 5.92 Å². The number of piperazine rings is 1. The first-order valence-electron chi connectivity index (χ1n) is 7.35. The maximum absolute atomic E-state index is 4.25. The Morgan fingerprint density at radius 1 is 1.47 bits per heavy atom. The molecule has 0 aliphatic carbocycles. The third-order valence-corrected chi connectivity index (χ3v) is 4.20. The van der Waals surface area contributed by atoms with Crippen molar-refractivity contribution in [3.8, 4) is 0 Å². The van der Waals surface area contributed by atoms with Crippen LogP contribution in [0.25, 0.3) is 0 Å². The molecule has 0 radical (unpaired) electrons. The highest BCUT2D eigenvalue weighted by Gasteiger charge is 2.33. The standard InChI is InChI=1S/C15H28N4/c1-12(2)14-10-16-15(3,4)11-19(14)9-7-13-6-8-17-18(13)5/h6,8,12,14,16H,7,9-11H2,1-5H3. The Morgan fingerprint density at radius 2 is 2.21 bits per heavy atom. The summed E-state index contributed by atoms with van der Waals surface area (Å²) in [7, 11) is 2.02. The van der Waals surface area contributed by atoms with Crippen LogP contribution in [0.2, 0.25) is 0 Å². The van der Waals surface area contributed by atoms with E-state index in [4.69, 9.17) is 0 Å². The highest BCUT2D eigenvalue weighted by Crippen LogP contribution is 2.20. The van der Waals surface area contributed by atoms with E-state index in [0.717, 1.165) is 26.1 Å². The highest BCUT2D eigenvalue weighted by molar-refractivity contribution is 5.02. The van der Waals surface area contributed by atoms with E-state index in [-0.39, 0.29) is 5.54 Å². The van der Waals surface area contributed by atoms with Crippen molar-refractivity contribution in [2.75, 3.05) is 19.6 Å². The summed E-state index contributed by atoms with van der Waals surface area (Å²) in [4.78, 5) is 2.65. The molecule has 0 amide bonds. The van der Waals surface area contributed by atoms with Gasteiger partial charge in [0.25, 0.3) is 0 Å². The lowest BCUT2D eigenvalue weighted by atomic mass is 9.93. The summed E-state index contributed by atoms with van der Waals surface area (Å²) in [6.45, 7) is 12.6. The molecule has 1 N–H and O–H groups in total. The predicted octanol–water partition coefficient (Wildman–Crippen LogP) is 1.67. The summed E-state index contributed by atoms with van der Waals surface area (Å²) in [5.41, 5.74) is 1.54. The van der Waals surface area contributed by atoms with Crippen LogP contribution in [0.1, 0.15) is 33.4 Å². The Kier molecular flexibility index (Phi) is 4.31. The van der Waals surface area contributed by atoms with Gasteiger partial charge in [0.1, 0.15) is 0 Å². The summed E-state index contributed by atoms with van der Waals surface area (Å²) < 4.78 is 1.98. The van der Waals surface area contributed by atoms with E-state index >= 15 is 0 Å². The summed E-state index contributed by atoms with van der Waals surface area (Å²) in [6.07, 6.45) is 2.97. The predicted molar refractivity (Wildman–Crippen MR) is 79.2 cm³/mol. The van der Waals surface area contributed by atoms with E-state index in [1.54, 1.807) is 0 Å². The molecule has 4 heteroatoms. The molecule has 1 saturated heterocycles. The lowest BCUT2D eigenvalue weighted by molar-refractivity contribution is 0.0701. The zero-order valence-corrected chi connectivity index (χ0v) is 13.0. The molecule has 0 bridgehead atoms. The van der Waals surface area contributed by atoms with Gasteiger partial charge in [-0.25, -0.2) is 0 Å². The smallest absolute Gasteiger partial charge is 0.0492 e. The molecule has 1 aromatic rings. The summed E-state index contributed by atoms with van der Waals surface area (Å²) >= 11 is 0. The molecule has 4 nitrogen and oxygen atoms in total. The van der Waals surface area contributed by atoms with Gasteiger partial charge in [-0.15, -0.1) is 0 Å². The maximum atomic E-state index is 4.25. The Labute approximate surface area is 117 Å². The molecule has 0 spiro atoms. The van der Waals surface area contributed by atoms with Gasteiger partial charge in [-0.1, -0.05) is 13.8 Å². The zero-order valence-electron chi connectivity index (χ0n) is 13.0. The molecule has 1 aromatic heterocycles. The molecule has 1 atom stereocenters. The molecule has 0 aromatic carbocycles. The van der Waals surface area contributed by atoms with Crippen molar-refractivity contribution in [1.29, 1.82) is 0 Å². The van der Waals surface area contributed by atoms with E-state index in [1.807, 2.05) is 17.9 Å². The van der Waals surface area contributed by atoms with Crippen molar-refractivity contribution in [3.63, 3.8) is 0 Å². The topological polar surface area (TPSA) is 33.1 Å². The van der Waals surface area contributed by atoms with Crippen LogP contribution in [0.5, 0.6) is 0 Å². The Bertz CT molecular complexity index is 408. The third kappa shape index (κ3) is 3.57. The fourth-order valence-electron chi connectivity index (χ4n) is 3.00. The van der Waals surface area contributed by atoms with Crippen LogP contribution in [0.4, 0.5) is 0 Å². The summed E-state index contributed by atoms with van der Waals surface area (Å²) in [5, 5.41) is 7.91. The molecule has 108 valence electrons. The van der Waals surface area contributed by atoms with Crippen molar-refractivity contribution < 1.29 is 0 Å². The molecule has 1 aliphatic rings. The monoisotopic (exact) mass is 264 g/mol. The van der Waals surface area contributed by atoms with Crippen LogP contribution in [-0.4, -0.2) is 45.9 Å². The molecular weight excluding hydrogens is 236 g/mol. The SMILES string of the molecule is CC(C)C1CNC(C)(C)CN1CCc1ccnn1C. The third-order valence-electron chi connectivity index (χ3n) is 4.20. The molecule has 2 heterocycles.